The summed E-state index contributed by atoms with van der Waals surface area (Å²) in [5, 5.41) is 13.8. The molecule has 1 fully saturated rings. The molecule has 1 rings (SSSR count). The smallest absolute Gasteiger partial charge is 0.0771 e. The van der Waals surface area contributed by atoms with E-state index in [4.69, 9.17) is 0 Å². The highest BCUT2D eigenvalue weighted by molar-refractivity contribution is 7.98. The number of hydrogen-bond donors (Lipinski definition) is 2. The van der Waals surface area contributed by atoms with Gasteiger partial charge in [-0.2, -0.15) is 11.8 Å². The quantitative estimate of drug-likeness (QED) is 0.657. The molecule has 0 radical (unpaired) electrons. The lowest BCUT2D eigenvalue weighted by atomic mass is 9.78. The number of hydrogen-bond acceptors (Lipinski definition) is 3. The average molecular weight is 259 g/mol. The molecule has 0 aliphatic heterocycles. The second-order valence-corrected chi connectivity index (χ2v) is 6.44. The summed E-state index contributed by atoms with van der Waals surface area (Å²) in [5.74, 6) is 2.11. The van der Waals surface area contributed by atoms with Gasteiger partial charge in [0.1, 0.15) is 0 Å². The van der Waals surface area contributed by atoms with E-state index in [-0.39, 0.29) is 0 Å². The molecular formula is C14H29NOS. The van der Waals surface area contributed by atoms with E-state index in [1.54, 1.807) is 0 Å². The standard InChI is InChI=1S/C14H29NOS/c1-3-13-6-8-14(16,9-7-13)12-15-10-4-5-11-17-2/h13,15-16H,3-12H2,1-2H3. The molecule has 1 aliphatic carbocycles. The van der Waals surface area contributed by atoms with Crippen molar-refractivity contribution in [3.8, 4) is 0 Å². The van der Waals surface area contributed by atoms with Crippen LogP contribution in [0.15, 0.2) is 0 Å². The summed E-state index contributed by atoms with van der Waals surface area (Å²) in [4.78, 5) is 0. The van der Waals surface area contributed by atoms with E-state index in [1.807, 2.05) is 11.8 Å². The van der Waals surface area contributed by atoms with Crippen LogP contribution in [0.1, 0.15) is 51.9 Å². The van der Waals surface area contributed by atoms with Crippen molar-refractivity contribution in [3.05, 3.63) is 0 Å². The fraction of sp³-hybridized carbons (Fsp3) is 1.00. The maximum atomic E-state index is 10.4. The Kier molecular flexibility index (Phi) is 7.56. The molecular weight excluding hydrogens is 230 g/mol. The Labute approximate surface area is 111 Å². The topological polar surface area (TPSA) is 32.3 Å². The molecule has 0 heterocycles. The van der Waals surface area contributed by atoms with Crippen molar-refractivity contribution in [2.75, 3.05) is 25.1 Å². The summed E-state index contributed by atoms with van der Waals surface area (Å²) < 4.78 is 0. The van der Waals surface area contributed by atoms with Crippen LogP contribution in [-0.4, -0.2) is 35.8 Å². The first kappa shape index (κ1) is 15.3. The van der Waals surface area contributed by atoms with Gasteiger partial charge in [-0.3, -0.25) is 0 Å². The predicted octanol–water partition coefficient (Wildman–Crippen LogP) is 3.05. The molecule has 0 spiro atoms. The molecule has 0 aromatic carbocycles. The molecule has 1 saturated carbocycles. The highest BCUT2D eigenvalue weighted by atomic mass is 32.2. The summed E-state index contributed by atoms with van der Waals surface area (Å²) in [6.45, 7) is 4.11. The third kappa shape index (κ3) is 6.12. The van der Waals surface area contributed by atoms with E-state index in [2.05, 4.69) is 18.5 Å². The Bertz CT molecular complexity index is 191. The van der Waals surface area contributed by atoms with E-state index in [0.29, 0.717) is 0 Å². The molecule has 0 aromatic rings. The first-order valence-corrected chi connectivity index (χ1v) is 8.51. The van der Waals surface area contributed by atoms with Crippen LogP contribution in [0, 0.1) is 5.92 Å². The van der Waals surface area contributed by atoms with E-state index < -0.39 is 5.60 Å². The zero-order valence-corrected chi connectivity index (χ0v) is 12.3. The third-order valence-corrected chi connectivity index (χ3v) is 4.72. The largest absolute Gasteiger partial charge is 0.389 e. The van der Waals surface area contributed by atoms with Crippen molar-refractivity contribution in [3.63, 3.8) is 0 Å². The lowest BCUT2D eigenvalue weighted by molar-refractivity contribution is -0.00845. The lowest BCUT2D eigenvalue weighted by Gasteiger charge is -2.36. The monoisotopic (exact) mass is 259 g/mol. The number of aliphatic hydroxyl groups is 1. The van der Waals surface area contributed by atoms with Crippen molar-refractivity contribution >= 4 is 11.8 Å². The fourth-order valence-electron chi connectivity index (χ4n) is 2.62. The predicted molar refractivity (Wildman–Crippen MR) is 77.7 cm³/mol. The van der Waals surface area contributed by atoms with E-state index in [9.17, 15) is 5.11 Å². The second-order valence-electron chi connectivity index (χ2n) is 5.45. The Morgan fingerprint density at radius 2 is 2.00 bits per heavy atom. The van der Waals surface area contributed by atoms with Gasteiger partial charge in [-0.15, -0.1) is 0 Å². The summed E-state index contributed by atoms with van der Waals surface area (Å²) in [5.41, 5.74) is -0.412. The molecule has 0 saturated heterocycles. The van der Waals surface area contributed by atoms with Crippen molar-refractivity contribution < 1.29 is 5.11 Å². The minimum Gasteiger partial charge on any atom is -0.389 e. The van der Waals surface area contributed by atoms with Crippen molar-refractivity contribution in [1.29, 1.82) is 0 Å². The van der Waals surface area contributed by atoms with Gasteiger partial charge in [0, 0.05) is 6.54 Å². The van der Waals surface area contributed by atoms with Crippen LogP contribution in [0.2, 0.25) is 0 Å². The van der Waals surface area contributed by atoms with Crippen LogP contribution in [-0.2, 0) is 0 Å². The lowest BCUT2D eigenvalue weighted by Crippen LogP contribution is -2.43. The van der Waals surface area contributed by atoms with Gasteiger partial charge >= 0.3 is 0 Å². The van der Waals surface area contributed by atoms with E-state index in [0.717, 1.165) is 31.8 Å². The molecule has 0 unspecified atom stereocenters. The zero-order valence-electron chi connectivity index (χ0n) is 11.5. The average Bonchev–Trinajstić information content (AvgIpc) is 2.35. The van der Waals surface area contributed by atoms with Crippen molar-refractivity contribution in [2.24, 2.45) is 5.92 Å². The molecule has 0 atom stereocenters. The Morgan fingerprint density at radius 3 is 2.59 bits per heavy atom. The van der Waals surface area contributed by atoms with Gasteiger partial charge in [0.05, 0.1) is 5.60 Å². The van der Waals surface area contributed by atoms with Gasteiger partial charge in [-0.05, 0) is 63.0 Å². The summed E-state index contributed by atoms with van der Waals surface area (Å²) in [6.07, 6.45) is 10.3. The zero-order chi connectivity index (χ0) is 12.6. The highest BCUT2D eigenvalue weighted by Gasteiger charge is 2.31. The third-order valence-electron chi connectivity index (χ3n) is 4.02. The van der Waals surface area contributed by atoms with Gasteiger partial charge in [-0.25, -0.2) is 0 Å². The fourth-order valence-corrected chi connectivity index (χ4v) is 3.11. The van der Waals surface area contributed by atoms with Crippen LogP contribution in [0.3, 0.4) is 0 Å². The number of thioether (sulfide) groups is 1. The van der Waals surface area contributed by atoms with Crippen LogP contribution < -0.4 is 5.32 Å². The molecule has 17 heavy (non-hydrogen) atoms. The number of rotatable bonds is 8. The minimum absolute atomic E-state index is 0.412. The Balaban J connectivity index is 2.06. The molecule has 3 heteroatoms. The number of unbranched alkanes of at least 4 members (excludes halogenated alkanes) is 1. The molecule has 1 aliphatic rings. The van der Waals surface area contributed by atoms with Crippen molar-refractivity contribution in [1.82, 2.24) is 5.32 Å². The molecule has 102 valence electrons. The van der Waals surface area contributed by atoms with Crippen LogP contribution in [0.4, 0.5) is 0 Å². The number of nitrogens with one attached hydrogen (secondary N) is 1. The Hall–Kier alpha value is 0.270. The van der Waals surface area contributed by atoms with Gasteiger partial charge in [0.15, 0.2) is 0 Å². The van der Waals surface area contributed by atoms with E-state index in [1.165, 1.54) is 37.9 Å². The maximum Gasteiger partial charge on any atom is 0.0771 e. The van der Waals surface area contributed by atoms with Gasteiger partial charge in [-0.1, -0.05) is 13.3 Å². The SMILES string of the molecule is CCC1CCC(O)(CNCCCCSC)CC1. The summed E-state index contributed by atoms with van der Waals surface area (Å²) in [6, 6.07) is 0. The molecule has 0 aromatic heterocycles. The minimum atomic E-state index is -0.412. The molecule has 0 amide bonds. The van der Waals surface area contributed by atoms with Gasteiger partial charge in [0.25, 0.3) is 0 Å². The summed E-state index contributed by atoms with van der Waals surface area (Å²) >= 11 is 1.91. The van der Waals surface area contributed by atoms with Crippen LogP contribution in [0.5, 0.6) is 0 Å². The normalized spacial score (nSPS) is 29.5. The first-order valence-electron chi connectivity index (χ1n) is 7.12. The maximum absolute atomic E-state index is 10.4. The first-order chi connectivity index (χ1) is 8.20. The summed E-state index contributed by atoms with van der Waals surface area (Å²) in [7, 11) is 0. The van der Waals surface area contributed by atoms with Gasteiger partial charge < -0.3 is 10.4 Å². The van der Waals surface area contributed by atoms with Crippen molar-refractivity contribution in [2.45, 2.75) is 57.5 Å². The Morgan fingerprint density at radius 1 is 1.29 bits per heavy atom. The van der Waals surface area contributed by atoms with E-state index >= 15 is 0 Å². The van der Waals surface area contributed by atoms with Crippen LogP contribution >= 0.6 is 11.8 Å². The molecule has 2 N–H and O–H groups in total. The molecule has 2 nitrogen and oxygen atoms in total. The van der Waals surface area contributed by atoms with Gasteiger partial charge in [0.2, 0.25) is 0 Å². The van der Waals surface area contributed by atoms with Crippen LogP contribution in [0.25, 0.3) is 0 Å². The highest BCUT2D eigenvalue weighted by Crippen LogP contribution is 2.33. The molecule has 0 bridgehead atoms. The second kappa shape index (κ2) is 8.39.